The molecule has 0 radical (unpaired) electrons. The number of nitrogens with one attached hydrogen (secondary N) is 1. The summed E-state index contributed by atoms with van der Waals surface area (Å²) in [6.07, 6.45) is 1.77. The van der Waals surface area contributed by atoms with E-state index in [0.717, 1.165) is 24.0 Å². The van der Waals surface area contributed by atoms with E-state index in [-0.39, 0.29) is 12.5 Å². The van der Waals surface area contributed by atoms with Crippen molar-refractivity contribution < 1.29 is 19.1 Å². The summed E-state index contributed by atoms with van der Waals surface area (Å²) < 4.78 is 10.4. The smallest absolute Gasteiger partial charge is 0.325 e. The molecule has 0 atom stereocenters. The Morgan fingerprint density at radius 1 is 1.08 bits per heavy atom. The van der Waals surface area contributed by atoms with E-state index >= 15 is 0 Å². The van der Waals surface area contributed by atoms with Gasteiger partial charge in [0.2, 0.25) is 0 Å². The van der Waals surface area contributed by atoms with Crippen LogP contribution in [0.4, 0.5) is 0 Å². The summed E-state index contributed by atoms with van der Waals surface area (Å²) in [5.41, 5.74) is 2.23. The number of rotatable bonds is 8. The largest absolute Gasteiger partial charge is 0.496 e. The van der Waals surface area contributed by atoms with Crippen LogP contribution >= 0.6 is 0 Å². The van der Waals surface area contributed by atoms with Crippen molar-refractivity contribution in [3.8, 4) is 16.9 Å². The number of hydrogen-bond donors (Lipinski definition) is 1. The molecule has 0 saturated heterocycles. The highest BCUT2D eigenvalue weighted by atomic mass is 16.5. The van der Waals surface area contributed by atoms with Crippen molar-refractivity contribution in [3.05, 3.63) is 54.1 Å². The molecule has 0 aromatic heterocycles. The van der Waals surface area contributed by atoms with Crippen molar-refractivity contribution in [2.75, 3.05) is 20.3 Å². The van der Waals surface area contributed by atoms with E-state index in [1.807, 2.05) is 37.3 Å². The summed E-state index contributed by atoms with van der Waals surface area (Å²) >= 11 is 0. The molecule has 0 aliphatic heterocycles. The number of esters is 1. The number of unbranched alkanes of at least 4 members (excludes halogenated alkanes) is 1. The molecule has 5 nitrogen and oxygen atoms in total. The molecule has 2 rings (SSSR count). The molecule has 0 aliphatic carbocycles. The van der Waals surface area contributed by atoms with Gasteiger partial charge >= 0.3 is 5.97 Å². The number of hydrogen-bond acceptors (Lipinski definition) is 4. The van der Waals surface area contributed by atoms with E-state index < -0.39 is 5.97 Å². The highest BCUT2D eigenvalue weighted by Gasteiger charge is 2.13. The van der Waals surface area contributed by atoms with Crippen LogP contribution < -0.4 is 10.1 Å². The summed E-state index contributed by atoms with van der Waals surface area (Å²) in [6.45, 7) is 2.25. The van der Waals surface area contributed by atoms with Gasteiger partial charge in [-0.3, -0.25) is 9.59 Å². The Hall–Kier alpha value is -2.82. The number of methoxy groups -OCH3 is 1. The van der Waals surface area contributed by atoms with Crippen LogP contribution in [0.5, 0.6) is 5.75 Å². The summed E-state index contributed by atoms with van der Waals surface area (Å²) in [4.78, 5) is 23.9. The summed E-state index contributed by atoms with van der Waals surface area (Å²) in [5.74, 6) is -0.0763. The highest BCUT2D eigenvalue weighted by molar-refractivity contribution is 5.97. The van der Waals surface area contributed by atoms with E-state index in [1.54, 1.807) is 25.3 Å². The number of amides is 1. The Labute approximate surface area is 148 Å². The minimum Gasteiger partial charge on any atom is -0.496 e. The number of carbonyl (C=O) groups is 2. The van der Waals surface area contributed by atoms with Gasteiger partial charge in [-0.2, -0.15) is 0 Å². The van der Waals surface area contributed by atoms with E-state index in [9.17, 15) is 9.59 Å². The molecule has 2 aromatic rings. The predicted octanol–water partition coefficient (Wildman–Crippen LogP) is 3.44. The van der Waals surface area contributed by atoms with Crippen LogP contribution in [0.25, 0.3) is 11.1 Å². The van der Waals surface area contributed by atoms with E-state index in [1.165, 1.54) is 0 Å². The highest BCUT2D eigenvalue weighted by Crippen LogP contribution is 2.30. The van der Waals surface area contributed by atoms with Gasteiger partial charge in [0.05, 0.1) is 13.7 Å². The molecule has 0 spiro atoms. The van der Waals surface area contributed by atoms with E-state index in [2.05, 4.69) is 5.32 Å². The van der Waals surface area contributed by atoms with Crippen LogP contribution in [0.3, 0.4) is 0 Å². The number of carbonyl (C=O) groups excluding carboxylic acids is 2. The second-order valence-electron chi connectivity index (χ2n) is 5.54. The Morgan fingerprint density at radius 3 is 2.52 bits per heavy atom. The number of ether oxygens (including phenoxy) is 2. The van der Waals surface area contributed by atoms with Gasteiger partial charge in [0.1, 0.15) is 12.3 Å². The van der Waals surface area contributed by atoms with Crippen molar-refractivity contribution >= 4 is 11.9 Å². The Bertz CT molecular complexity index is 713. The normalized spacial score (nSPS) is 10.2. The van der Waals surface area contributed by atoms with Gasteiger partial charge in [0.25, 0.3) is 5.91 Å². The first-order valence-electron chi connectivity index (χ1n) is 8.33. The number of benzene rings is 2. The monoisotopic (exact) mass is 341 g/mol. The minimum absolute atomic E-state index is 0.144. The van der Waals surface area contributed by atoms with Crippen LogP contribution in [0.2, 0.25) is 0 Å². The molecule has 2 aromatic carbocycles. The fraction of sp³-hybridized carbons (Fsp3) is 0.300. The first-order chi connectivity index (χ1) is 12.2. The first kappa shape index (κ1) is 18.5. The molecule has 0 fully saturated rings. The molecule has 132 valence electrons. The Balaban J connectivity index is 2.06. The van der Waals surface area contributed by atoms with Crippen LogP contribution in [0.15, 0.2) is 48.5 Å². The topological polar surface area (TPSA) is 64.6 Å². The molecule has 0 heterocycles. The van der Waals surface area contributed by atoms with Crippen molar-refractivity contribution in [2.24, 2.45) is 0 Å². The lowest BCUT2D eigenvalue weighted by Crippen LogP contribution is -2.30. The maximum atomic E-state index is 12.3. The molecule has 0 unspecified atom stereocenters. The summed E-state index contributed by atoms with van der Waals surface area (Å²) in [5, 5.41) is 2.59. The standard InChI is InChI=1S/C20H23NO4/c1-3-4-12-25-19(22)14-21-20(23)16-10-11-18(24-2)17(13-16)15-8-6-5-7-9-15/h5-11,13H,3-4,12,14H2,1-2H3,(H,21,23). The SMILES string of the molecule is CCCCOC(=O)CNC(=O)c1ccc(OC)c(-c2ccccc2)c1. The van der Waals surface area contributed by atoms with Crippen molar-refractivity contribution in [1.82, 2.24) is 5.32 Å². The maximum absolute atomic E-state index is 12.3. The lowest BCUT2D eigenvalue weighted by molar-refractivity contribution is -0.142. The van der Waals surface area contributed by atoms with Gasteiger partial charge in [-0.15, -0.1) is 0 Å². The quantitative estimate of drug-likeness (QED) is 0.590. The van der Waals surface area contributed by atoms with Crippen LogP contribution in [-0.2, 0) is 9.53 Å². The van der Waals surface area contributed by atoms with Crippen molar-refractivity contribution in [2.45, 2.75) is 19.8 Å². The molecule has 1 N–H and O–H groups in total. The van der Waals surface area contributed by atoms with E-state index in [0.29, 0.717) is 17.9 Å². The molecular formula is C20H23NO4. The van der Waals surface area contributed by atoms with Gasteiger partial charge in [0, 0.05) is 11.1 Å². The Morgan fingerprint density at radius 2 is 1.84 bits per heavy atom. The zero-order valence-corrected chi connectivity index (χ0v) is 14.6. The predicted molar refractivity (Wildman–Crippen MR) is 96.6 cm³/mol. The third-order valence-electron chi connectivity index (χ3n) is 3.70. The summed E-state index contributed by atoms with van der Waals surface area (Å²) in [6, 6.07) is 14.8. The fourth-order valence-corrected chi connectivity index (χ4v) is 2.33. The van der Waals surface area contributed by atoms with Gasteiger partial charge in [-0.1, -0.05) is 43.7 Å². The molecule has 25 heavy (non-hydrogen) atoms. The maximum Gasteiger partial charge on any atom is 0.325 e. The summed E-state index contributed by atoms with van der Waals surface area (Å²) in [7, 11) is 1.59. The van der Waals surface area contributed by atoms with E-state index in [4.69, 9.17) is 9.47 Å². The molecule has 1 amide bonds. The van der Waals surface area contributed by atoms with Gasteiger partial charge in [-0.25, -0.2) is 0 Å². The van der Waals surface area contributed by atoms with Gasteiger partial charge < -0.3 is 14.8 Å². The molecule has 5 heteroatoms. The lowest BCUT2D eigenvalue weighted by Gasteiger charge is -2.11. The molecule has 0 saturated carbocycles. The second kappa shape index (κ2) is 9.47. The minimum atomic E-state index is -0.432. The van der Waals surface area contributed by atoms with Crippen LogP contribution in [0.1, 0.15) is 30.1 Å². The fourth-order valence-electron chi connectivity index (χ4n) is 2.33. The first-order valence-corrected chi connectivity index (χ1v) is 8.33. The zero-order chi connectivity index (χ0) is 18.1. The van der Waals surface area contributed by atoms with Gasteiger partial charge in [-0.05, 0) is 30.2 Å². The third-order valence-corrected chi connectivity index (χ3v) is 3.70. The zero-order valence-electron chi connectivity index (χ0n) is 14.6. The lowest BCUT2D eigenvalue weighted by atomic mass is 10.0. The molecule has 0 aliphatic rings. The molecule has 0 bridgehead atoms. The van der Waals surface area contributed by atoms with Crippen molar-refractivity contribution in [3.63, 3.8) is 0 Å². The van der Waals surface area contributed by atoms with Gasteiger partial charge in [0.15, 0.2) is 0 Å². The average molecular weight is 341 g/mol. The third kappa shape index (κ3) is 5.35. The van der Waals surface area contributed by atoms with Crippen LogP contribution in [-0.4, -0.2) is 32.1 Å². The average Bonchev–Trinajstić information content (AvgIpc) is 2.66. The van der Waals surface area contributed by atoms with Crippen molar-refractivity contribution in [1.29, 1.82) is 0 Å². The second-order valence-corrected chi connectivity index (χ2v) is 5.54. The molecular weight excluding hydrogens is 318 g/mol. The Kier molecular flexibility index (Phi) is 7.01. The van der Waals surface area contributed by atoms with Crippen LogP contribution in [0, 0.1) is 0 Å².